The normalized spacial score (nSPS) is 14.7. The second-order valence-corrected chi connectivity index (χ2v) is 6.75. The van der Waals surface area contributed by atoms with Gasteiger partial charge in [-0.1, -0.05) is 55.3 Å². The Labute approximate surface area is 160 Å². The molecule has 1 aromatic heterocycles. The van der Waals surface area contributed by atoms with E-state index in [1.165, 1.54) is 31.2 Å². The van der Waals surface area contributed by atoms with E-state index in [9.17, 15) is 0 Å². The number of nitrogens with zero attached hydrogens (tertiary/aromatic N) is 2. The Morgan fingerprint density at radius 1 is 0.926 bits per heavy atom. The lowest BCUT2D eigenvalue weighted by Crippen LogP contribution is -2.05. The van der Waals surface area contributed by atoms with Gasteiger partial charge in [-0.15, -0.1) is 0 Å². The van der Waals surface area contributed by atoms with E-state index >= 15 is 0 Å². The summed E-state index contributed by atoms with van der Waals surface area (Å²) in [5, 5.41) is 0. The summed E-state index contributed by atoms with van der Waals surface area (Å²) in [5.41, 5.74) is 2.44. The summed E-state index contributed by atoms with van der Waals surface area (Å²) in [4.78, 5) is 8.52. The predicted molar refractivity (Wildman–Crippen MR) is 105 cm³/mol. The van der Waals surface area contributed by atoms with E-state index in [-0.39, 0.29) is 6.01 Å². The number of ether oxygens (including phenoxy) is 2. The zero-order valence-electron chi connectivity index (χ0n) is 15.3. The first-order valence-electron chi connectivity index (χ1n) is 9.48. The summed E-state index contributed by atoms with van der Waals surface area (Å²) in [6.07, 6.45) is 9.15. The molecular formula is C23H23N2O2. The Kier molecular flexibility index (Phi) is 5.63. The minimum Gasteiger partial charge on any atom is -0.473 e. The maximum atomic E-state index is 5.80. The highest BCUT2D eigenvalue weighted by Gasteiger charge is 2.15. The maximum Gasteiger partial charge on any atom is 0.325 e. The van der Waals surface area contributed by atoms with E-state index < -0.39 is 0 Å². The molecule has 4 nitrogen and oxygen atoms in total. The first-order chi connectivity index (χ1) is 13.4. The van der Waals surface area contributed by atoms with Crippen molar-refractivity contribution >= 4 is 0 Å². The van der Waals surface area contributed by atoms with Gasteiger partial charge in [-0.05, 0) is 48.4 Å². The third-order valence-electron chi connectivity index (χ3n) is 4.78. The SMILES string of the molecule is [CH]1CCCCC1c1ccc(Oc2nccc(OCc3ccccc3)n2)cc1. The molecule has 1 radical (unpaired) electrons. The average Bonchev–Trinajstić information content (AvgIpc) is 2.75. The first kappa shape index (κ1) is 17.5. The van der Waals surface area contributed by atoms with Crippen LogP contribution in [-0.4, -0.2) is 9.97 Å². The third kappa shape index (κ3) is 4.85. The summed E-state index contributed by atoms with van der Waals surface area (Å²) in [7, 11) is 0. The van der Waals surface area contributed by atoms with Gasteiger partial charge in [-0.25, -0.2) is 4.98 Å². The van der Waals surface area contributed by atoms with Gasteiger partial charge in [0.25, 0.3) is 0 Å². The lowest BCUT2D eigenvalue weighted by Gasteiger charge is -2.21. The first-order valence-corrected chi connectivity index (χ1v) is 9.48. The van der Waals surface area contributed by atoms with Crippen molar-refractivity contribution < 1.29 is 9.47 Å². The van der Waals surface area contributed by atoms with E-state index in [4.69, 9.17) is 9.47 Å². The molecule has 3 aromatic rings. The van der Waals surface area contributed by atoms with Crippen LogP contribution in [0, 0.1) is 6.42 Å². The van der Waals surface area contributed by atoms with Crippen molar-refractivity contribution in [3.8, 4) is 17.6 Å². The molecule has 2 aromatic carbocycles. The van der Waals surface area contributed by atoms with Crippen molar-refractivity contribution in [2.45, 2.75) is 38.2 Å². The lowest BCUT2D eigenvalue weighted by molar-refractivity contribution is 0.287. The number of hydrogen-bond acceptors (Lipinski definition) is 4. The van der Waals surface area contributed by atoms with Gasteiger partial charge in [0, 0.05) is 12.3 Å². The van der Waals surface area contributed by atoms with Crippen LogP contribution in [0.15, 0.2) is 66.9 Å². The van der Waals surface area contributed by atoms with E-state index in [0.717, 1.165) is 11.3 Å². The van der Waals surface area contributed by atoms with Gasteiger partial charge in [0.1, 0.15) is 12.4 Å². The minimum absolute atomic E-state index is 0.289. The lowest BCUT2D eigenvalue weighted by atomic mass is 9.84. The van der Waals surface area contributed by atoms with Gasteiger partial charge in [0.05, 0.1) is 0 Å². The van der Waals surface area contributed by atoms with Crippen molar-refractivity contribution in [1.82, 2.24) is 9.97 Å². The topological polar surface area (TPSA) is 44.2 Å². The molecule has 1 heterocycles. The van der Waals surface area contributed by atoms with Gasteiger partial charge in [-0.3, -0.25) is 0 Å². The Morgan fingerprint density at radius 3 is 2.56 bits per heavy atom. The molecule has 137 valence electrons. The summed E-state index contributed by atoms with van der Waals surface area (Å²) >= 11 is 0. The number of aromatic nitrogens is 2. The van der Waals surface area contributed by atoms with Crippen molar-refractivity contribution in [3.05, 3.63) is 84.4 Å². The monoisotopic (exact) mass is 359 g/mol. The molecule has 1 atom stereocenters. The Hall–Kier alpha value is -2.88. The highest BCUT2D eigenvalue weighted by atomic mass is 16.5. The second-order valence-electron chi connectivity index (χ2n) is 6.75. The molecule has 1 aliphatic rings. The molecule has 0 N–H and O–H groups in total. The van der Waals surface area contributed by atoms with Crippen molar-refractivity contribution in [1.29, 1.82) is 0 Å². The highest BCUT2D eigenvalue weighted by Crippen LogP contribution is 2.33. The van der Waals surface area contributed by atoms with Crippen molar-refractivity contribution in [2.24, 2.45) is 0 Å². The van der Waals surface area contributed by atoms with Crippen LogP contribution < -0.4 is 9.47 Å². The molecule has 0 spiro atoms. The summed E-state index contributed by atoms with van der Waals surface area (Å²) in [6.45, 7) is 0.462. The van der Waals surface area contributed by atoms with Crippen molar-refractivity contribution in [3.63, 3.8) is 0 Å². The summed E-state index contributed by atoms with van der Waals surface area (Å²) < 4.78 is 11.5. The maximum absolute atomic E-state index is 5.80. The quantitative estimate of drug-likeness (QED) is 0.565. The number of benzene rings is 2. The fourth-order valence-electron chi connectivity index (χ4n) is 3.32. The van der Waals surface area contributed by atoms with Crippen LogP contribution in [0.5, 0.6) is 17.6 Å². The standard InChI is InChI=1S/C23H23N2O2/c1-3-7-18(8-4-1)17-26-22-15-16-24-23(25-22)27-21-13-11-20(12-14-21)19-9-5-2-6-10-19/h1,3-4,7-9,11-16,19H,2,5-6,10,17H2. The zero-order chi connectivity index (χ0) is 18.3. The van der Waals surface area contributed by atoms with E-state index in [2.05, 4.69) is 28.5 Å². The summed E-state index contributed by atoms with van der Waals surface area (Å²) in [5.74, 6) is 1.80. The molecule has 0 saturated heterocycles. The minimum atomic E-state index is 0.289. The van der Waals surface area contributed by atoms with Crippen LogP contribution in [-0.2, 0) is 6.61 Å². The van der Waals surface area contributed by atoms with Gasteiger partial charge < -0.3 is 9.47 Å². The molecule has 1 unspecified atom stereocenters. The largest absolute Gasteiger partial charge is 0.473 e. The van der Waals surface area contributed by atoms with Gasteiger partial charge >= 0.3 is 6.01 Å². The van der Waals surface area contributed by atoms with Gasteiger partial charge in [-0.2, -0.15) is 4.98 Å². The Bertz CT molecular complexity index is 844. The van der Waals surface area contributed by atoms with Crippen molar-refractivity contribution in [2.75, 3.05) is 0 Å². The van der Waals surface area contributed by atoms with E-state index in [1.54, 1.807) is 12.3 Å². The molecular weight excluding hydrogens is 336 g/mol. The van der Waals surface area contributed by atoms with Crippen LogP contribution in [0.2, 0.25) is 0 Å². The van der Waals surface area contributed by atoms with Gasteiger partial charge in [0.2, 0.25) is 5.88 Å². The van der Waals surface area contributed by atoms with Crippen LogP contribution in [0.3, 0.4) is 0 Å². The van der Waals surface area contributed by atoms with Crippen LogP contribution in [0.25, 0.3) is 0 Å². The highest BCUT2D eigenvalue weighted by molar-refractivity contribution is 5.32. The zero-order valence-corrected chi connectivity index (χ0v) is 15.3. The molecule has 0 bridgehead atoms. The number of rotatable bonds is 6. The Balaban J connectivity index is 1.37. The predicted octanol–water partition coefficient (Wildman–Crippen LogP) is 5.71. The van der Waals surface area contributed by atoms with E-state index in [0.29, 0.717) is 18.4 Å². The van der Waals surface area contributed by atoms with Crippen LogP contribution in [0.4, 0.5) is 0 Å². The fraction of sp³-hybridized carbons (Fsp3) is 0.261. The molecule has 1 saturated carbocycles. The second kappa shape index (κ2) is 8.67. The average molecular weight is 359 g/mol. The Morgan fingerprint density at radius 2 is 1.78 bits per heavy atom. The number of hydrogen-bond donors (Lipinski definition) is 0. The molecule has 4 heteroatoms. The van der Waals surface area contributed by atoms with Crippen LogP contribution >= 0.6 is 0 Å². The molecule has 0 amide bonds. The smallest absolute Gasteiger partial charge is 0.325 e. The molecule has 1 fully saturated rings. The summed E-state index contributed by atoms with van der Waals surface area (Å²) in [6, 6.07) is 20.3. The van der Waals surface area contributed by atoms with Crippen LogP contribution in [0.1, 0.15) is 42.7 Å². The molecule has 1 aliphatic carbocycles. The third-order valence-corrected chi connectivity index (χ3v) is 4.78. The molecule has 27 heavy (non-hydrogen) atoms. The van der Waals surface area contributed by atoms with E-state index in [1.807, 2.05) is 42.5 Å². The fourth-order valence-corrected chi connectivity index (χ4v) is 3.32. The molecule has 0 aliphatic heterocycles. The molecule has 4 rings (SSSR count). The van der Waals surface area contributed by atoms with Gasteiger partial charge in [0.15, 0.2) is 0 Å².